The Balaban J connectivity index is 1.83. The zero-order valence-electron chi connectivity index (χ0n) is 15.2. The van der Waals surface area contributed by atoms with Gasteiger partial charge >= 0.3 is 143 Å². The molecular weight excluding hydrogens is 458 g/mol. The predicted octanol–water partition coefficient (Wildman–Crippen LogP) is 3.64. The average Bonchev–Trinajstić information content (AvgIpc) is 2.97. The Morgan fingerprint density at radius 2 is 2.04 bits per heavy atom. The first-order valence-corrected chi connectivity index (χ1v) is 10.4. The normalized spacial score (nSPS) is 12.8. The molecule has 0 spiro atoms. The third kappa shape index (κ3) is 6.98. The number of hydrogen-bond donors (Lipinski definition) is 2. The summed E-state index contributed by atoms with van der Waals surface area (Å²) in [5.74, 6) is -0.484. The van der Waals surface area contributed by atoms with E-state index >= 15 is 0 Å². The zero-order chi connectivity index (χ0) is 20.9. The SMILES string of the molecule is CC(C)C([As])C(=O)NCCCC(=O)Nc1nc2ccc(OC(F)(F)F)cc2s1. The molecule has 11 heteroatoms. The number of hydrogen-bond acceptors (Lipinski definition) is 5. The predicted molar refractivity (Wildman–Crippen MR) is 102 cm³/mol. The fourth-order valence-corrected chi connectivity index (χ4v) is 3.31. The average molecular weight is 477 g/mol. The van der Waals surface area contributed by atoms with Crippen molar-refractivity contribution in [2.24, 2.45) is 5.92 Å². The van der Waals surface area contributed by atoms with Crippen molar-refractivity contribution in [2.45, 2.75) is 37.8 Å². The topological polar surface area (TPSA) is 80.3 Å². The molecule has 2 radical (unpaired) electrons. The van der Waals surface area contributed by atoms with Crippen molar-refractivity contribution in [1.82, 2.24) is 10.3 Å². The van der Waals surface area contributed by atoms with E-state index in [0.29, 0.717) is 28.3 Å². The fraction of sp³-hybridized carbons (Fsp3) is 0.471. The molecule has 0 saturated heterocycles. The molecule has 1 atom stereocenters. The second-order valence-electron chi connectivity index (χ2n) is 6.33. The Morgan fingerprint density at radius 1 is 1.32 bits per heavy atom. The Labute approximate surface area is 172 Å². The van der Waals surface area contributed by atoms with E-state index in [1.54, 1.807) is 0 Å². The quantitative estimate of drug-likeness (QED) is 0.450. The van der Waals surface area contributed by atoms with Gasteiger partial charge in [-0.15, -0.1) is 13.2 Å². The summed E-state index contributed by atoms with van der Waals surface area (Å²) in [4.78, 5) is 28.0. The molecular formula is C17H19AsF3N3O3S. The van der Waals surface area contributed by atoms with E-state index in [1.165, 1.54) is 18.2 Å². The van der Waals surface area contributed by atoms with Crippen molar-refractivity contribution in [3.63, 3.8) is 0 Å². The molecule has 28 heavy (non-hydrogen) atoms. The van der Waals surface area contributed by atoms with Crippen molar-refractivity contribution in [2.75, 3.05) is 11.9 Å². The molecule has 1 aromatic heterocycles. The number of anilines is 1. The summed E-state index contributed by atoms with van der Waals surface area (Å²) >= 11 is 3.39. The minimum absolute atomic E-state index is 0.0709. The first-order valence-electron chi connectivity index (χ1n) is 8.47. The molecule has 0 aliphatic heterocycles. The maximum absolute atomic E-state index is 12.3. The molecule has 1 aromatic carbocycles. The molecule has 2 amide bonds. The monoisotopic (exact) mass is 477 g/mol. The number of aromatic nitrogens is 1. The number of rotatable bonds is 8. The van der Waals surface area contributed by atoms with E-state index in [2.05, 4.69) is 37.2 Å². The number of alkyl halides is 3. The molecule has 152 valence electrons. The van der Waals surface area contributed by atoms with Crippen LogP contribution < -0.4 is 15.4 Å². The van der Waals surface area contributed by atoms with E-state index in [0.717, 1.165) is 11.3 Å². The van der Waals surface area contributed by atoms with Crippen LogP contribution in [0.4, 0.5) is 18.3 Å². The molecule has 1 heterocycles. The van der Waals surface area contributed by atoms with Crippen LogP contribution in [0.25, 0.3) is 10.2 Å². The number of carbonyl (C=O) groups is 2. The van der Waals surface area contributed by atoms with Crippen LogP contribution in [0.2, 0.25) is 4.71 Å². The van der Waals surface area contributed by atoms with Crippen molar-refractivity contribution < 1.29 is 27.5 Å². The van der Waals surface area contributed by atoms with E-state index in [-0.39, 0.29) is 34.6 Å². The molecule has 2 aromatic rings. The third-order valence-corrected chi connectivity index (χ3v) is 6.30. The fourth-order valence-electron chi connectivity index (χ4n) is 2.21. The van der Waals surface area contributed by atoms with Gasteiger partial charge in [0.15, 0.2) is 0 Å². The summed E-state index contributed by atoms with van der Waals surface area (Å²) in [5, 5.41) is 5.68. The number of carbonyl (C=O) groups excluding carboxylic acids is 2. The number of halogens is 3. The van der Waals surface area contributed by atoms with Crippen LogP contribution in [0.1, 0.15) is 26.7 Å². The number of fused-ring (bicyclic) bond motifs is 1. The van der Waals surface area contributed by atoms with Gasteiger partial charge < -0.3 is 4.74 Å². The number of nitrogens with zero attached hydrogens (tertiary/aromatic N) is 1. The molecule has 0 aliphatic carbocycles. The second-order valence-corrected chi connectivity index (χ2v) is 8.53. The summed E-state index contributed by atoms with van der Waals surface area (Å²) in [5.41, 5.74) is 0.461. The molecule has 1 unspecified atom stereocenters. The van der Waals surface area contributed by atoms with Gasteiger partial charge in [0, 0.05) is 0 Å². The molecule has 0 aliphatic rings. The van der Waals surface area contributed by atoms with Crippen LogP contribution in [0.5, 0.6) is 5.75 Å². The van der Waals surface area contributed by atoms with E-state index < -0.39 is 6.36 Å². The molecule has 6 nitrogen and oxygen atoms in total. The van der Waals surface area contributed by atoms with Crippen LogP contribution >= 0.6 is 11.3 Å². The maximum atomic E-state index is 12.3. The van der Waals surface area contributed by atoms with Gasteiger partial charge in [-0.2, -0.15) is 0 Å². The van der Waals surface area contributed by atoms with Crippen LogP contribution in [0.15, 0.2) is 18.2 Å². The molecule has 0 saturated carbocycles. The summed E-state index contributed by atoms with van der Waals surface area (Å²) < 4.78 is 41.0. The summed E-state index contributed by atoms with van der Waals surface area (Å²) in [6, 6.07) is 3.78. The van der Waals surface area contributed by atoms with E-state index in [1.807, 2.05) is 13.8 Å². The number of amides is 2. The van der Waals surface area contributed by atoms with Crippen molar-refractivity contribution in [1.29, 1.82) is 0 Å². The second kappa shape index (κ2) is 9.60. The van der Waals surface area contributed by atoms with Crippen LogP contribution in [0, 0.1) is 5.92 Å². The van der Waals surface area contributed by atoms with Crippen molar-refractivity contribution in [3.05, 3.63) is 18.2 Å². The van der Waals surface area contributed by atoms with Crippen LogP contribution in [0.3, 0.4) is 0 Å². The molecule has 0 fully saturated rings. The summed E-state index contributed by atoms with van der Waals surface area (Å²) in [7, 11) is 0. The number of ether oxygens (including phenoxy) is 1. The molecule has 2 rings (SSSR count). The molecule has 2 N–H and O–H groups in total. The Morgan fingerprint density at radius 3 is 2.68 bits per heavy atom. The van der Waals surface area contributed by atoms with Gasteiger partial charge in [0.05, 0.1) is 0 Å². The first kappa shape index (κ1) is 22.5. The Kier molecular flexibility index (Phi) is 7.71. The van der Waals surface area contributed by atoms with Gasteiger partial charge in [-0.05, 0) is 6.07 Å². The van der Waals surface area contributed by atoms with Crippen LogP contribution in [-0.2, 0) is 9.59 Å². The van der Waals surface area contributed by atoms with Crippen molar-refractivity contribution >= 4 is 55.4 Å². The van der Waals surface area contributed by atoms with Gasteiger partial charge in [0.2, 0.25) is 0 Å². The van der Waals surface area contributed by atoms with Gasteiger partial charge in [-0.25, -0.2) is 0 Å². The first-order chi connectivity index (χ1) is 13.0. The van der Waals surface area contributed by atoms with Gasteiger partial charge in [-0.1, -0.05) is 0 Å². The van der Waals surface area contributed by atoms with Crippen LogP contribution in [-0.4, -0.2) is 46.6 Å². The standard InChI is InChI=1S/C17H19AsF3N3O3S/c1-9(2)14(18)15(26)22-7-3-4-13(25)24-16-23-11-6-5-10(8-12(11)28-16)27-17(19,20)21/h5-6,8-9,14H,3-4,7H2,1-2H3,(H,22,26)(H,23,24,25). The Hall–Kier alpha value is -1.80. The van der Waals surface area contributed by atoms with Gasteiger partial charge in [0.25, 0.3) is 0 Å². The third-order valence-electron chi connectivity index (χ3n) is 3.62. The van der Waals surface area contributed by atoms with Gasteiger partial charge in [-0.3, -0.25) is 0 Å². The summed E-state index contributed by atoms with van der Waals surface area (Å²) in [6.45, 7) is 4.28. The minimum atomic E-state index is -4.77. The number of nitrogens with one attached hydrogen (secondary N) is 2. The van der Waals surface area contributed by atoms with E-state index in [4.69, 9.17) is 0 Å². The van der Waals surface area contributed by atoms with Gasteiger partial charge in [0.1, 0.15) is 5.75 Å². The number of thiazole rings is 1. The van der Waals surface area contributed by atoms with Crippen molar-refractivity contribution in [3.8, 4) is 5.75 Å². The Bertz CT molecular complexity index is 842. The van der Waals surface area contributed by atoms with E-state index in [9.17, 15) is 22.8 Å². The number of benzene rings is 1. The molecule has 0 bridgehead atoms. The zero-order valence-corrected chi connectivity index (χ0v) is 17.9. The summed E-state index contributed by atoms with van der Waals surface area (Å²) in [6.07, 6.45) is -4.12.